The number of carbonyl (C=O) groups excluding carboxylic acids is 1. The molecule has 0 aliphatic carbocycles. The van der Waals surface area contributed by atoms with Crippen molar-refractivity contribution in [3.63, 3.8) is 0 Å². The minimum atomic E-state index is -0.663. The molecule has 3 N–H and O–H groups in total. The van der Waals surface area contributed by atoms with Crippen LogP contribution in [-0.4, -0.2) is 23.0 Å². The zero-order valence-electron chi connectivity index (χ0n) is 11.7. The van der Waals surface area contributed by atoms with Gasteiger partial charge in [-0.15, -0.1) is 0 Å². The van der Waals surface area contributed by atoms with Crippen molar-refractivity contribution in [2.45, 2.75) is 32.9 Å². The van der Waals surface area contributed by atoms with Gasteiger partial charge in [-0.25, -0.2) is 0 Å². The van der Waals surface area contributed by atoms with E-state index in [4.69, 9.17) is 34.3 Å². The molecular formula is C14H19ClN2O2S. The third-order valence-corrected chi connectivity index (χ3v) is 3.24. The number of thiocarbonyl (C=S) groups is 1. The van der Waals surface area contributed by atoms with Crippen molar-refractivity contribution in [2.24, 2.45) is 11.7 Å². The zero-order valence-corrected chi connectivity index (χ0v) is 13.3. The summed E-state index contributed by atoms with van der Waals surface area (Å²) in [5.74, 6) is 0.392. The molecule has 0 aliphatic rings. The number of rotatable bonds is 6. The quantitative estimate of drug-likeness (QED) is 0.792. The van der Waals surface area contributed by atoms with Gasteiger partial charge in [0, 0.05) is 5.02 Å². The first-order valence-electron chi connectivity index (χ1n) is 6.33. The van der Waals surface area contributed by atoms with E-state index in [1.807, 2.05) is 13.8 Å². The highest BCUT2D eigenvalue weighted by Gasteiger charge is 2.23. The van der Waals surface area contributed by atoms with Crippen LogP contribution in [0.4, 0.5) is 0 Å². The molecule has 1 aromatic carbocycles. The van der Waals surface area contributed by atoms with E-state index in [2.05, 4.69) is 5.32 Å². The fourth-order valence-corrected chi connectivity index (χ4v) is 2.15. The molecular weight excluding hydrogens is 296 g/mol. The maximum atomic E-state index is 12.1. The molecule has 1 amide bonds. The van der Waals surface area contributed by atoms with Crippen molar-refractivity contribution < 1.29 is 9.53 Å². The van der Waals surface area contributed by atoms with E-state index < -0.39 is 6.10 Å². The van der Waals surface area contributed by atoms with Crippen LogP contribution < -0.4 is 15.8 Å². The van der Waals surface area contributed by atoms with Crippen molar-refractivity contribution in [1.29, 1.82) is 0 Å². The van der Waals surface area contributed by atoms with Crippen molar-refractivity contribution in [2.75, 3.05) is 0 Å². The normalized spacial score (nSPS) is 13.7. The van der Waals surface area contributed by atoms with Gasteiger partial charge in [0.2, 0.25) is 0 Å². The number of halogens is 1. The first kappa shape index (κ1) is 16.7. The minimum Gasteiger partial charge on any atom is -0.481 e. The topological polar surface area (TPSA) is 64.3 Å². The first-order valence-corrected chi connectivity index (χ1v) is 7.11. The van der Waals surface area contributed by atoms with E-state index >= 15 is 0 Å². The molecule has 0 radical (unpaired) electrons. The number of nitrogens with two attached hydrogens (primary N) is 1. The Labute approximate surface area is 129 Å². The summed E-state index contributed by atoms with van der Waals surface area (Å²) in [5.41, 5.74) is 5.62. The zero-order chi connectivity index (χ0) is 15.3. The average molecular weight is 315 g/mol. The molecule has 1 rings (SSSR count). The van der Waals surface area contributed by atoms with Gasteiger partial charge < -0.3 is 15.8 Å². The van der Waals surface area contributed by atoms with Crippen LogP contribution in [0.3, 0.4) is 0 Å². The summed E-state index contributed by atoms with van der Waals surface area (Å²) in [7, 11) is 0. The van der Waals surface area contributed by atoms with Crippen LogP contribution in [0.25, 0.3) is 0 Å². The highest BCUT2D eigenvalue weighted by atomic mass is 35.5. The summed E-state index contributed by atoms with van der Waals surface area (Å²) in [4.78, 5) is 12.3. The van der Waals surface area contributed by atoms with Crippen molar-refractivity contribution in [3.8, 4) is 5.75 Å². The maximum absolute atomic E-state index is 12.1. The standard InChI is InChI=1S/C14H19ClN2O2S/c1-8(2)12(13(16)20)17-14(18)9(3)19-11-6-4-5-10(15)7-11/h4-9,12H,1-3H3,(H2,16,20)(H,17,18). The average Bonchev–Trinajstić information content (AvgIpc) is 2.34. The molecule has 0 saturated heterocycles. The smallest absolute Gasteiger partial charge is 0.261 e. The lowest BCUT2D eigenvalue weighted by Gasteiger charge is -2.23. The number of amides is 1. The van der Waals surface area contributed by atoms with Gasteiger partial charge in [-0.1, -0.05) is 43.7 Å². The Morgan fingerprint density at radius 3 is 2.55 bits per heavy atom. The highest BCUT2D eigenvalue weighted by Crippen LogP contribution is 2.18. The lowest BCUT2D eigenvalue weighted by atomic mass is 10.0. The Hall–Kier alpha value is -1.33. The van der Waals surface area contributed by atoms with E-state index in [9.17, 15) is 4.79 Å². The second kappa shape index (κ2) is 7.45. The number of benzene rings is 1. The van der Waals surface area contributed by atoms with Gasteiger partial charge in [0.05, 0.1) is 11.0 Å². The van der Waals surface area contributed by atoms with Crippen LogP contribution in [-0.2, 0) is 4.79 Å². The molecule has 1 aromatic rings. The SMILES string of the molecule is CC(Oc1cccc(Cl)c1)C(=O)NC(C(N)=S)C(C)C. The molecule has 0 fully saturated rings. The van der Waals surface area contributed by atoms with Crippen molar-refractivity contribution in [1.82, 2.24) is 5.32 Å². The number of ether oxygens (including phenoxy) is 1. The van der Waals surface area contributed by atoms with Crippen molar-refractivity contribution >= 4 is 34.7 Å². The molecule has 0 heterocycles. The summed E-state index contributed by atoms with van der Waals surface area (Å²) in [6.45, 7) is 5.53. The predicted molar refractivity (Wildman–Crippen MR) is 85.1 cm³/mol. The Balaban J connectivity index is 2.65. The minimum absolute atomic E-state index is 0.120. The van der Waals surface area contributed by atoms with Gasteiger partial charge in [0.1, 0.15) is 5.75 Å². The van der Waals surface area contributed by atoms with E-state index in [-0.39, 0.29) is 22.9 Å². The van der Waals surface area contributed by atoms with Crippen molar-refractivity contribution in [3.05, 3.63) is 29.3 Å². The van der Waals surface area contributed by atoms with Gasteiger partial charge in [0.15, 0.2) is 6.10 Å². The monoisotopic (exact) mass is 314 g/mol. The molecule has 6 heteroatoms. The second-order valence-corrected chi connectivity index (χ2v) is 5.76. The van der Waals surface area contributed by atoms with E-state index in [1.165, 1.54) is 0 Å². The number of nitrogens with one attached hydrogen (secondary N) is 1. The predicted octanol–water partition coefficient (Wildman–Crippen LogP) is 2.53. The molecule has 0 saturated carbocycles. The largest absolute Gasteiger partial charge is 0.481 e. The van der Waals surface area contributed by atoms with Crippen LogP contribution in [0.1, 0.15) is 20.8 Å². The lowest BCUT2D eigenvalue weighted by Crippen LogP contribution is -2.50. The Kier molecular flexibility index (Phi) is 6.23. The molecule has 2 atom stereocenters. The van der Waals surface area contributed by atoms with Gasteiger partial charge in [0.25, 0.3) is 5.91 Å². The Bertz CT molecular complexity index is 494. The van der Waals surface area contributed by atoms with Crippen LogP contribution in [0, 0.1) is 5.92 Å². The van der Waals surface area contributed by atoms with Crippen LogP contribution in [0.15, 0.2) is 24.3 Å². The van der Waals surface area contributed by atoms with Crippen LogP contribution in [0.2, 0.25) is 5.02 Å². The van der Waals surface area contributed by atoms with E-state index in [0.29, 0.717) is 10.8 Å². The Morgan fingerprint density at radius 1 is 1.40 bits per heavy atom. The number of carbonyl (C=O) groups is 1. The van der Waals surface area contributed by atoms with Gasteiger partial charge in [-0.2, -0.15) is 0 Å². The summed E-state index contributed by atoms with van der Waals surface area (Å²) >= 11 is 10.8. The second-order valence-electron chi connectivity index (χ2n) is 4.85. The van der Waals surface area contributed by atoms with Gasteiger partial charge >= 0.3 is 0 Å². The third kappa shape index (κ3) is 4.98. The highest BCUT2D eigenvalue weighted by molar-refractivity contribution is 7.80. The lowest BCUT2D eigenvalue weighted by molar-refractivity contribution is -0.127. The molecule has 20 heavy (non-hydrogen) atoms. The molecule has 4 nitrogen and oxygen atoms in total. The van der Waals surface area contributed by atoms with Crippen LogP contribution >= 0.6 is 23.8 Å². The molecule has 2 unspecified atom stereocenters. The first-order chi connectivity index (χ1) is 9.31. The molecule has 110 valence electrons. The fourth-order valence-electron chi connectivity index (χ4n) is 1.63. The van der Waals surface area contributed by atoms with Gasteiger partial charge in [-0.3, -0.25) is 4.79 Å². The summed E-state index contributed by atoms with van der Waals surface area (Å²) < 4.78 is 5.54. The number of hydrogen-bond acceptors (Lipinski definition) is 3. The van der Waals surface area contributed by atoms with E-state index in [1.54, 1.807) is 31.2 Å². The summed E-state index contributed by atoms with van der Waals surface area (Å²) in [6.07, 6.45) is -0.663. The Morgan fingerprint density at radius 2 is 2.05 bits per heavy atom. The van der Waals surface area contributed by atoms with Gasteiger partial charge in [-0.05, 0) is 31.0 Å². The molecule has 0 aliphatic heterocycles. The molecule has 0 aromatic heterocycles. The maximum Gasteiger partial charge on any atom is 0.261 e. The molecule has 0 bridgehead atoms. The number of hydrogen-bond donors (Lipinski definition) is 2. The summed E-state index contributed by atoms with van der Waals surface area (Å²) in [5, 5.41) is 3.34. The van der Waals surface area contributed by atoms with E-state index in [0.717, 1.165) is 0 Å². The molecule has 0 spiro atoms. The third-order valence-electron chi connectivity index (χ3n) is 2.75. The summed E-state index contributed by atoms with van der Waals surface area (Å²) in [6, 6.07) is 6.54. The fraction of sp³-hybridized carbons (Fsp3) is 0.429. The van der Waals surface area contributed by atoms with Crippen LogP contribution in [0.5, 0.6) is 5.75 Å².